The van der Waals surface area contributed by atoms with E-state index in [0.29, 0.717) is 5.92 Å². The molecule has 15 heavy (non-hydrogen) atoms. The van der Waals surface area contributed by atoms with Crippen molar-refractivity contribution in [1.29, 1.82) is 0 Å². The van der Waals surface area contributed by atoms with E-state index in [2.05, 4.69) is 15.7 Å². The number of nitrogens with zero attached hydrogens (tertiary/aromatic N) is 1. The monoisotopic (exact) mass is 226 g/mol. The molecule has 0 spiro atoms. The first-order chi connectivity index (χ1) is 7.45. The molecule has 0 bridgehead atoms. The number of hydrogen-bond acceptors (Lipinski definition) is 4. The molecule has 3 nitrogen and oxygen atoms in total. The minimum atomic E-state index is 0.717. The average molecular weight is 226 g/mol. The SMILES string of the molecule is c1nc(CCNCC2CCCOC2)cs1. The molecule has 84 valence electrons. The Kier molecular flexibility index (Phi) is 4.57. The van der Waals surface area contributed by atoms with Crippen molar-refractivity contribution < 1.29 is 4.74 Å². The van der Waals surface area contributed by atoms with Crippen molar-refractivity contribution in [2.45, 2.75) is 19.3 Å². The van der Waals surface area contributed by atoms with Crippen LogP contribution in [0.3, 0.4) is 0 Å². The zero-order chi connectivity index (χ0) is 10.3. The van der Waals surface area contributed by atoms with E-state index in [4.69, 9.17) is 4.74 Å². The lowest BCUT2D eigenvalue weighted by Crippen LogP contribution is -2.30. The minimum absolute atomic E-state index is 0.717. The van der Waals surface area contributed by atoms with Gasteiger partial charge in [0, 0.05) is 31.5 Å². The van der Waals surface area contributed by atoms with Gasteiger partial charge in [0.05, 0.1) is 17.8 Å². The van der Waals surface area contributed by atoms with Gasteiger partial charge < -0.3 is 10.1 Å². The highest BCUT2D eigenvalue weighted by molar-refractivity contribution is 7.07. The van der Waals surface area contributed by atoms with Crippen molar-refractivity contribution in [2.75, 3.05) is 26.3 Å². The van der Waals surface area contributed by atoms with Crippen LogP contribution in [0.1, 0.15) is 18.5 Å². The van der Waals surface area contributed by atoms with Crippen LogP contribution in [0.15, 0.2) is 10.9 Å². The van der Waals surface area contributed by atoms with Crippen LogP contribution in [0, 0.1) is 5.92 Å². The highest BCUT2D eigenvalue weighted by atomic mass is 32.1. The van der Waals surface area contributed by atoms with Gasteiger partial charge in [0.25, 0.3) is 0 Å². The van der Waals surface area contributed by atoms with Crippen LogP contribution < -0.4 is 5.32 Å². The van der Waals surface area contributed by atoms with Gasteiger partial charge in [-0.3, -0.25) is 0 Å². The van der Waals surface area contributed by atoms with Gasteiger partial charge in [-0.2, -0.15) is 0 Å². The van der Waals surface area contributed by atoms with Crippen molar-refractivity contribution >= 4 is 11.3 Å². The predicted molar refractivity (Wildman–Crippen MR) is 62.2 cm³/mol. The van der Waals surface area contributed by atoms with E-state index < -0.39 is 0 Å². The van der Waals surface area contributed by atoms with Crippen molar-refractivity contribution in [1.82, 2.24) is 10.3 Å². The molecule has 1 aliphatic heterocycles. The molecule has 1 unspecified atom stereocenters. The molecule has 2 heterocycles. The zero-order valence-electron chi connectivity index (χ0n) is 8.95. The predicted octanol–water partition coefficient (Wildman–Crippen LogP) is 1.70. The molecule has 1 atom stereocenters. The fourth-order valence-electron chi connectivity index (χ4n) is 1.85. The van der Waals surface area contributed by atoms with Crippen LogP contribution in [0.2, 0.25) is 0 Å². The Morgan fingerprint density at radius 3 is 3.33 bits per heavy atom. The summed E-state index contributed by atoms with van der Waals surface area (Å²) in [5.74, 6) is 0.717. The number of rotatable bonds is 5. The molecule has 1 aliphatic rings. The summed E-state index contributed by atoms with van der Waals surface area (Å²) >= 11 is 1.67. The van der Waals surface area contributed by atoms with E-state index >= 15 is 0 Å². The quantitative estimate of drug-likeness (QED) is 0.776. The highest BCUT2D eigenvalue weighted by Crippen LogP contribution is 2.12. The lowest BCUT2D eigenvalue weighted by atomic mass is 10.0. The molecule has 0 aliphatic carbocycles. The Morgan fingerprint density at radius 2 is 2.60 bits per heavy atom. The third-order valence-corrected chi connectivity index (χ3v) is 3.36. The summed E-state index contributed by atoms with van der Waals surface area (Å²) in [6.07, 6.45) is 3.57. The topological polar surface area (TPSA) is 34.2 Å². The number of thiazole rings is 1. The van der Waals surface area contributed by atoms with Gasteiger partial charge in [-0.1, -0.05) is 0 Å². The van der Waals surface area contributed by atoms with Crippen LogP contribution in [-0.2, 0) is 11.2 Å². The first-order valence-corrected chi connectivity index (χ1v) is 6.55. The summed E-state index contributed by atoms with van der Waals surface area (Å²) in [5.41, 5.74) is 3.09. The molecule has 2 rings (SSSR count). The smallest absolute Gasteiger partial charge is 0.0794 e. The Hall–Kier alpha value is -0.450. The normalized spacial score (nSPS) is 21.7. The number of aromatic nitrogens is 1. The van der Waals surface area contributed by atoms with Crippen LogP contribution in [0.4, 0.5) is 0 Å². The Labute approximate surface area is 94.9 Å². The fraction of sp³-hybridized carbons (Fsp3) is 0.727. The molecule has 1 fully saturated rings. The zero-order valence-corrected chi connectivity index (χ0v) is 9.76. The molecular formula is C11H18N2OS. The van der Waals surface area contributed by atoms with Crippen molar-refractivity contribution in [3.63, 3.8) is 0 Å². The standard InChI is InChI=1S/C11H18N2OS/c1-2-10(7-14-5-1)6-12-4-3-11-8-15-9-13-11/h8-10,12H,1-7H2. The van der Waals surface area contributed by atoms with E-state index in [1.165, 1.54) is 18.5 Å². The van der Waals surface area contributed by atoms with E-state index in [9.17, 15) is 0 Å². The second-order valence-corrected chi connectivity index (χ2v) is 4.74. The largest absolute Gasteiger partial charge is 0.381 e. The van der Waals surface area contributed by atoms with E-state index in [-0.39, 0.29) is 0 Å². The van der Waals surface area contributed by atoms with Crippen molar-refractivity contribution in [3.05, 3.63) is 16.6 Å². The van der Waals surface area contributed by atoms with Crippen molar-refractivity contribution in [3.8, 4) is 0 Å². The summed E-state index contributed by atoms with van der Waals surface area (Å²) in [6, 6.07) is 0. The van der Waals surface area contributed by atoms with E-state index in [0.717, 1.165) is 32.7 Å². The van der Waals surface area contributed by atoms with Gasteiger partial charge >= 0.3 is 0 Å². The van der Waals surface area contributed by atoms with Crippen LogP contribution in [-0.4, -0.2) is 31.3 Å². The van der Waals surface area contributed by atoms with E-state index in [1.54, 1.807) is 11.3 Å². The average Bonchev–Trinajstić information content (AvgIpc) is 2.79. The lowest BCUT2D eigenvalue weighted by molar-refractivity contribution is 0.0549. The molecule has 1 aromatic heterocycles. The molecular weight excluding hydrogens is 208 g/mol. The summed E-state index contributed by atoms with van der Waals surface area (Å²) in [6.45, 7) is 4.00. The number of hydrogen-bond donors (Lipinski definition) is 1. The fourth-order valence-corrected chi connectivity index (χ4v) is 2.44. The summed E-state index contributed by atoms with van der Waals surface area (Å²) in [7, 11) is 0. The molecule has 0 saturated carbocycles. The first-order valence-electron chi connectivity index (χ1n) is 5.60. The van der Waals surface area contributed by atoms with Gasteiger partial charge in [-0.25, -0.2) is 4.98 Å². The maximum Gasteiger partial charge on any atom is 0.0794 e. The third kappa shape index (κ3) is 3.89. The van der Waals surface area contributed by atoms with Gasteiger partial charge in [0.15, 0.2) is 0 Å². The van der Waals surface area contributed by atoms with Gasteiger partial charge in [-0.15, -0.1) is 11.3 Å². The third-order valence-electron chi connectivity index (χ3n) is 2.73. The summed E-state index contributed by atoms with van der Waals surface area (Å²) in [5, 5.41) is 5.59. The maximum atomic E-state index is 5.43. The van der Waals surface area contributed by atoms with Crippen LogP contribution in [0.25, 0.3) is 0 Å². The number of nitrogens with one attached hydrogen (secondary N) is 1. The molecule has 4 heteroatoms. The molecule has 0 amide bonds. The molecule has 0 radical (unpaired) electrons. The lowest BCUT2D eigenvalue weighted by Gasteiger charge is -2.22. The van der Waals surface area contributed by atoms with E-state index in [1.807, 2.05) is 5.51 Å². The van der Waals surface area contributed by atoms with Crippen LogP contribution in [0.5, 0.6) is 0 Å². The second kappa shape index (κ2) is 6.20. The highest BCUT2D eigenvalue weighted by Gasteiger charge is 2.12. The molecule has 1 aromatic rings. The molecule has 1 N–H and O–H groups in total. The van der Waals surface area contributed by atoms with Gasteiger partial charge in [-0.05, 0) is 18.8 Å². The minimum Gasteiger partial charge on any atom is -0.381 e. The Balaban J connectivity index is 1.54. The van der Waals surface area contributed by atoms with Crippen LogP contribution >= 0.6 is 11.3 Å². The maximum absolute atomic E-state index is 5.43. The van der Waals surface area contributed by atoms with Gasteiger partial charge in [0.1, 0.15) is 0 Å². The number of ether oxygens (including phenoxy) is 1. The first kappa shape index (κ1) is 11.0. The van der Waals surface area contributed by atoms with Gasteiger partial charge in [0.2, 0.25) is 0 Å². The second-order valence-electron chi connectivity index (χ2n) is 4.02. The Bertz CT molecular complexity index is 258. The molecule has 0 aromatic carbocycles. The summed E-state index contributed by atoms with van der Waals surface area (Å²) in [4.78, 5) is 4.25. The summed E-state index contributed by atoms with van der Waals surface area (Å²) < 4.78 is 5.43. The Morgan fingerprint density at radius 1 is 1.60 bits per heavy atom. The van der Waals surface area contributed by atoms with Crippen molar-refractivity contribution in [2.24, 2.45) is 5.92 Å². The molecule has 1 saturated heterocycles.